The first kappa shape index (κ1) is 14.5. The standard InChI is InChI=1S/C14H18ClN5/c1-9-10(15)6-5-7-11(9)17-12-8-16-20-13(18-12)19-14(2,3)4/h5-8H,1-4H3,(H2,17,18,19,20). The molecule has 1 aromatic carbocycles. The zero-order valence-corrected chi connectivity index (χ0v) is 12.8. The molecule has 0 unspecified atom stereocenters. The van der Waals surface area contributed by atoms with E-state index in [2.05, 4.69) is 25.8 Å². The number of benzene rings is 1. The van der Waals surface area contributed by atoms with Gasteiger partial charge in [0, 0.05) is 16.2 Å². The normalized spacial score (nSPS) is 11.2. The Morgan fingerprint density at radius 2 is 1.95 bits per heavy atom. The molecule has 5 nitrogen and oxygen atoms in total. The second-order valence-electron chi connectivity index (χ2n) is 5.58. The Morgan fingerprint density at radius 1 is 1.20 bits per heavy atom. The largest absolute Gasteiger partial charge is 0.348 e. The van der Waals surface area contributed by atoms with E-state index in [4.69, 9.17) is 11.6 Å². The Morgan fingerprint density at radius 3 is 2.65 bits per heavy atom. The van der Waals surface area contributed by atoms with Crippen LogP contribution in [0.15, 0.2) is 24.4 Å². The van der Waals surface area contributed by atoms with Crippen LogP contribution in [0.2, 0.25) is 5.02 Å². The molecule has 2 rings (SSSR count). The Bertz CT molecular complexity index is 607. The summed E-state index contributed by atoms with van der Waals surface area (Å²) in [4.78, 5) is 4.39. The van der Waals surface area contributed by atoms with Gasteiger partial charge in [-0.15, -0.1) is 5.10 Å². The lowest BCUT2D eigenvalue weighted by atomic mass is 10.1. The van der Waals surface area contributed by atoms with E-state index in [1.54, 1.807) is 6.20 Å². The highest BCUT2D eigenvalue weighted by Gasteiger charge is 2.12. The van der Waals surface area contributed by atoms with E-state index >= 15 is 0 Å². The number of hydrogen-bond acceptors (Lipinski definition) is 5. The van der Waals surface area contributed by atoms with Crippen LogP contribution in [0.25, 0.3) is 0 Å². The molecule has 0 saturated heterocycles. The number of nitrogens with zero attached hydrogens (tertiary/aromatic N) is 3. The van der Waals surface area contributed by atoms with Crippen LogP contribution >= 0.6 is 11.6 Å². The fourth-order valence-corrected chi connectivity index (χ4v) is 1.81. The van der Waals surface area contributed by atoms with Gasteiger partial charge >= 0.3 is 0 Å². The monoisotopic (exact) mass is 291 g/mol. The molecule has 2 aromatic rings. The maximum atomic E-state index is 6.10. The van der Waals surface area contributed by atoms with E-state index in [0.717, 1.165) is 11.3 Å². The second-order valence-corrected chi connectivity index (χ2v) is 5.98. The molecule has 0 spiro atoms. The van der Waals surface area contributed by atoms with Crippen molar-refractivity contribution in [3.8, 4) is 0 Å². The minimum atomic E-state index is -0.119. The van der Waals surface area contributed by atoms with Gasteiger partial charge in [-0.25, -0.2) is 0 Å². The van der Waals surface area contributed by atoms with Crippen LogP contribution in [0.1, 0.15) is 26.3 Å². The fraction of sp³-hybridized carbons (Fsp3) is 0.357. The van der Waals surface area contributed by atoms with Gasteiger partial charge in [0.15, 0.2) is 5.82 Å². The lowest BCUT2D eigenvalue weighted by Gasteiger charge is -2.20. The summed E-state index contributed by atoms with van der Waals surface area (Å²) >= 11 is 6.10. The van der Waals surface area contributed by atoms with Gasteiger partial charge in [0.25, 0.3) is 0 Å². The lowest BCUT2D eigenvalue weighted by Crippen LogP contribution is -2.27. The molecule has 20 heavy (non-hydrogen) atoms. The molecule has 0 radical (unpaired) electrons. The van der Waals surface area contributed by atoms with E-state index in [9.17, 15) is 0 Å². The molecule has 0 fully saturated rings. The van der Waals surface area contributed by atoms with Crippen molar-refractivity contribution in [1.82, 2.24) is 15.2 Å². The molecule has 0 amide bonds. The molecule has 0 atom stereocenters. The molecule has 0 saturated carbocycles. The van der Waals surface area contributed by atoms with Crippen molar-refractivity contribution in [2.45, 2.75) is 33.2 Å². The van der Waals surface area contributed by atoms with E-state index < -0.39 is 0 Å². The second kappa shape index (κ2) is 5.63. The lowest BCUT2D eigenvalue weighted by molar-refractivity contribution is 0.623. The highest BCUT2D eigenvalue weighted by molar-refractivity contribution is 6.31. The topological polar surface area (TPSA) is 62.7 Å². The van der Waals surface area contributed by atoms with E-state index in [1.165, 1.54) is 0 Å². The molecule has 2 N–H and O–H groups in total. The van der Waals surface area contributed by atoms with Gasteiger partial charge in [0.1, 0.15) is 0 Å². The van der Waals surface area contributed by atoms with Crippen LogP contribution in [-0.4, -0.2) is 20.7 Å². The summed E-state index contributed by atoms with van der Waals surface area (Å²) in [6.07, 6.45) is 1.58. The summed E-state index contributed by atoms with van der Waals surface area (Å²) in [7, 11) is 0. The maximum absolute atomic E-state index is 6.10. The molecule has 0 aliphatic heterocycles. The van der Waals surface area contributed by atoms with E-state index in [0.29, 0.717) is 16.8 Å². The Hall–Kier alpha value is -1.88. The van der Waals surface area contributed by atoms with Gasteiger partial charge < -0.3 is 10.6 Å². The van der Waals surface area contributed by atoms with Gasteiger partial charge in [-0.05, 0) is 45.4 Å². The number of rotatable bonds is 3. The molecular formula is C14H18ClN5. The van der Waals surface area contributed by atoms with Gasteiger partial charge in [-0.1, -0.05) is 17.7 Å². The molecule has 0 aliphatic rings. The summed E-state index contributed by atoms with van der Waals surface area (Å²) in [6.45, 7) is 8.07. The number of halogens is 1. The predicted octanol–water partition coefficient (Wildman–Crippen LogP) is 3.79. The van der Waals surface area contributed by atoms with Gasteiger partial charge in [0.2, 0.25) is 5.95 Å². The highest BCUT2D eigenvalue weighted by Crippen LogP contribution is 2.25. The van der Waals surface area contributed by atoms with Crippen molar-refractivity contribution < 1.29 is 0 Å². The fourth-order valence-electron chi connectivity index (χ4n) is 1.63. The van der Waals surface area contributed by atoms with Gasteiger partial charge in [0.05, 0.1) is 6.20 Å². The summed E-state index contributed by atoms with van der Waals surface area (Å²) in [6, 6.07) is 5.69. The van der Waals surface area contributed by atoms with Crippen molar-refractivity contribution in [2.75, 3.05) is 10.6 Å². The molecular weight excluding hydrogens is 274 g/mol. The van der Waals surface area contributed by atoms with Crippen LogP contribution in [0.4, 0.5) is 17.5 Å². The zero-order valence-electron chi connectivity index (χ0n) is 12.0. The first-order valence-corrected chi connectivity index (χ1v) is 6.73. The third-order valence-electron chi connectivity index (χ3n) is 2.58. The minimum absolute atomic E-state index is 0.119. The third kappa shape index (κ3) is 3.81. The van der Waals surface area contributed by atoms with Crippen molar-refractivity contribution in [3.63, 3.8) is 0 Å². The average molecular weight is 292 g/mol. The highest BCUT2D eigenvalue weighted by atomic mass is 35.5. The summed E-state index contributed by atoms with van der Waals surface area (Å²) in [5.74, 6) is 1.11. The average Bonchev–Trinajstić information content (AvgIpc) is 2.33. The summed E-state index contributed by atoms with van der Waals surface area (Å²) in [5.41, 5.74) is 1.75. The van der Waals surface area contributed by atoms with Crippen molar-refractivity contribution in [2.24, 2.45) is 0 Å². The number of aromatic nitrogens is 3. The zero-order chi connectivity index (χ0) is 14.8. The predicted molar refractivity (Wildman–Crippen MR) is 82.7 cm³/mol. The van der Waals surface area contributed by atoms with Crippen molar-refractivity contribution in [3.05, 3.63) is 35.0 Å². The summed E-state index contributed by atoms with van der Waals surface area (Å²) in [5, 5.41) is 15.0. The van der Waals surface area contributed by atoms with Crippen LogP contribution in [-0.2, 0) is 0 Å². The SMILES string of the molecule is Cc1c(Cl)cccc1Nc1cnnc(NC(C)(C)C)n1. The van der Waals surface area contributed by atoms with Crippen molar-refractivity contribution in [1.29, 1.82) is 0 Å². The molecule has 0 bridgehead atoms. The van der Waals surface area contributed by atoms with Gasteiger partial charge in [-0.3, -0.25) is 0 Å². The quantitative estimate of drug-likeness (QED) is 0.901. The molecule has 6 heteroatoms. The number of hydrogen-bond donors (Lipinski definition) is 2. The van der Waals surface area contributed by atoms with Crippen LogP contribution < -0.4 is 10.6 Å². The molecule has 1 aromatic heterocycles. The Kier molecular flexibility index (Phi) is 4.09. The Labute approximate surface area is 123 Å². The molecule has 1 heterocycles. The molecule has 106 valence electrons. The minimum Gasteiger partial charge on any atom is -0.348 e. The summed E-state index contributed by atoms with van der Waals surface area (Å²) < 4.78 is 0. The smallest absolute Gasteiger partial charge is 0.245 e. The van der Waals surface area contributed by atoms with Crippen molar-refractivity contribution >= 4 is 29.1 Å². The van der Waals surface area contributed by atoms with E-state index in [1.807, 2.05) is 45.9 Å². The maximum Gasteiger partial charge on any atom is 0.245 e. The van der Waals surface area contributed by atoms with Crippen LogP contribution in [0.3, 0.4) is 0 Å². The molecule has 0 aliphatic carbocycles. The Balaban J connectivity index is 2.22. The first-order valence-electron chi connectivity index (χ1n) is 6.35. The van der Waals surface area contributed by atoms with Gasteiger partial charge in [-0.2, -0.15) is 10.1 Å². The number of nitrogens with one attached hydrogen (secondary N) is 2. The first-order chi connectivity index (χ1) is 9.35. The number of anilines is 3. The third-order valence-corrected chi connectivity index (χ3v) is 2.99. The van der Waals surface area contributed by atoms with Crippen LogP contribution in [0, 0.1) is 6.92 Å². The van der Waals surface area contributed by atoms with E-state index in [-0.39, 0.29) is 5.54 Å². The van der Waals surface area contributed by atoms with Crippen LogP contribution in [0.5, 0.6) is 0 Å².